The van der Waals surface area contributed by atoms with Gasteiger partial charge in [0.15, 0.2) is 0 Å². The van der Waals surface area contributed by atoms with Crippen molar-refractivity contribution in [3.05, 3.63) is 72.8 Å². The highest BCUT2D eigenvalue weighted by Gasteiger charge is 2.50. The van der Waals surface area contributed by atoms with Crippen molar-refractivity contribution in [2.75, 3.05) is 6.61 Å². The van der Waals surface area contributed by atoms with E-state index in [1.54, 1.807) is 0 Å². The highest BCUT2D eigenvalue weighted by atomic mass is 28.4. The monoisotopic (exact) mass is 506 g/mol. The molecule has 2 aliphatic rings. The molecule has 4 nitrogen and oxygen atoms in total. The number of hydrogen-bond donors (Lipinski definition) is 0. The standard InChI is InChI=1S/C31H42O4Si/c1-23-21-25(34-29(23)19-18-26-22-24(2)30(32)35-26)13-12-20-33-36(31(3,4)5,27-14-8-6-9-15-27)28-16-10-7-11-17-28/h6-11,14-17,24-26,29H,1,12-13,18-22H2,2-5H3/t24-,25+,26?,29?/m1/s1. The van der Waals surface area contributed by atoms with Crippen LogP contribution in [0.25, 0.3) is 0 Å². The molecule has 2 fully saturated rings. The first-order valence-electron chi connectivity index (χ1n) is 13.5. The van der Waals surface area contributed by atoms with Gasteiger partial charge in [-0.25, -0.2) is 0 Å². The molecule has 0 bridgehead atoms. The van der Waals surface area contributed by atoms with Gasteiger partial charge in [0.25, 0.3) is 8.32 Å². The maximum atomic E-state index is 11.7. The van der Waals surface area contributed by atoms with Crippen molar-refractivity contribution in [3.8, 4) is 0 Å². The zero-order chi connectivity index (χ0) is 25.8. The Labute approximate surface area is 218 Å². The molecule has 0 amide bonds. The van der Waals surface area contributed by atoms with Crippen LogP contribution in [0.1, 0.15) is 66.2 Å². The van der Waals surface area contributed by atoms with Gasteiger partial charge in [-0.2, -0.15) is 0 Å². The van der Waals surface area contributed by atoms with Crippen LogP contribution in [-0.4, -0.2) is 39.2 Å². The van der Waals surface area contributed by atoms with Crippen LogP contribution < -0.4 is 10.4 Å². The number of hydrogen-bond acceptors (Lipinski definition) is 4. The molecule has 2 aromatic rings. The molecule has 2 aromatic carbocycles. The predicted octanol–water partition coefficient (Wildman–Crippen LogP) is 5.79. The Kier molecular flexibility index (Phi) is 8.54. The molecule has 0 aromatic heterocycles. The first kappa shape index (κ1) is 26.8. The summed E-state index contributed by atoms with van der Waals surface area (Å²) in [5.74, 6) is -0.0454. The Morgan fingerprint density at radius 3 is 2.08 bits per heavy atom. The molecule has 0 N–H and O–H groups in total. The summed E-state index contributed by atoms with van der Waals surface area (Å²) in [6.45, 7) is 13.9. The summed E-state index contributed by atoms with van der Waals surface area (Å²) >= 11 is 0. The molecule has 0 aliphatic carbocycles. The average Bonchev–Trinajstić information content (AvgIpc) is 3.38. The third-order valence-corrected chi connectivity index (χ3v) is 12.8. The molecule has 0 saturated carbocycles. The van der Waals surface area contributed by atoms with E-state index < -0.39 is 8.32 Å². The lowest BCUT2D eigenvalue weighted by molar-refractivity contribution is -0.144. The van der Waals surface area contributed by atoms with E-state index in [9.17, 15) is 4.79 Å². The minimum absolute atomic E-state index is 0.0138. The molecule has 0 spiro atoms. The van der Waals surface area contributed by atoms with Crippen LogP contribution in [0.2, 0.25) is 5.04 Å². The third-order valence-electron chi connectivity index (χ3n) is 7.76. The lowest BCUT2D eigenvalue weighted by Gasteiger charge is -2.43. The van der Waals surface area contributed by atoms with Crippen molar-refractivity contribution in [2.24, 2.45) is 5.92 Å². The van der Waals surface area contributed by atoms with Crippen LogP contribution in [0, 0.1) is 5.92 Å². The van der Waals surface area contributed by atoms with Crippen molar-refractivity contribution >= 4 is 24.7 Å². The summed E-state index contributed by atoms with van der Waals surface area (Å²) in [5, 5.41) is 2.62. The lowest BCUT2D eigenvalue weighted by atomic mass is 9.99. The molecule has 4 rings (SSSR count). The van der Waals surface area contributed by atoms with Crippen molar-refractivity contribution in [1.82, 2.24) is 0 Å². The molecule has 2 heterocycles. The van der Waals surface area contributed by atoms with E-state index in [4.69, 9.17) is 13.9 Å². The second kappa shape index (κ2) is 11.5. The number of esters is 1. The number of rotatable bonds is 10. The summed E-state index contributed by atoms with van der Waals surface area (Å²) in [7, 11) is -2.49. The van der Waals surface area contributed by atoms with Crippen LogP contribution in [-0.2, 0) is 18.7 Å². The van der Waals surface area contributed by atoms with Crippen LogP contribution in [0.4, 0.5) is 0 Å². The number of carbonyl (C=O) groups is 1. The van der Waals surface area contributed by atoms with Gasteiger partial charge in [-0.05, 0) is 59.5 Å². The van der Waals surface area contributed by atoms with Crippen molar-refractivity contribution in [1.29, 1.82) is 0 Å². The summed E-state index contributed by atoms with van der Waals surface area (Å²) in [6, 6.07) is 21.6. The quantitative estimate of drug-likeness (QED) is 0.177. The molecular weight excluding hydrogens is 464 g/mol. The van der Waals surface area contributed by atoms with Crippen molar-refractivity contribution < 1.29 is 18.7 Å². The second-order valence-corrected chi connectivity index (χ2v) is 15.8. The van der Waals surface area contributed by atoms with Crippen molar-refractivity contribution in [2.45, 2.75) is 89.6 Å². The average molecular weight is 507 g/mol. The van der Waals surface area contributed by atoms with Crippen LogP contribution >= 0.6 is 0 Å². The smallest absolute Gasteiger partial charge is 0.309 e. The summed E-state index contributed by atoms with van der Waals surface area (Å²) in [5.41, 5.74) is 1.17. The minimum atomic E-state index is -2.49. The first-order valence-corrected chi connectivity index (χ1v) is 15.4. The molecule has 4 atom stereocenters. The Hall–Kier alpha value is -2.21. The van der Waals surface area contributed by atoms with Gasteiger partial charge < -0.3 is 13.9 Å². The Bertz CT molecular complexity index is 974. The van der Waals surface area contributed by atoms with E-state index in [0.29, 0.717) is 6.61 Å². The molecule has 194 valence electrons. The van der Waals surface area contributed by atoms with E-state index in [1.165, 1.54) is 15.9 Å². The molecular formula is C31H42O4Si. The van der Waals surface area contributed by atoms with Crippen LogP contribution in [0.3, 0.4) is 0 Å². The highest BCUT2D eigenvalue weighted by molar-refractivity contribution is 6.99. The summed E-state index contributed by atoms with van der Waals surface area (Å²) in [4.78, 5) is 11.7. The molecule has 2 aliphatic heterocycles. The number of ether oxygens (including phenoxy) is 2. The normalized spacial score (nSPS) is 24.8. The number of carbonyl (C=O) groups excluding carboxylic acids is 1. The fraction of sp³-hybridized carbons (Fsp3) is 0.516. The summed E-state index contributed by atoms with van der Waals surface area (Å²) < 4.78 is 18.9. The molecule has 36 heavy (non-hydrogen) atoms. The fourth-order valence-corrected chi connectivity index (χ4v) is 10.5. The number of cyclic esters (lactones) is 1. The molecule has 5 heteroatoms. The van der Waals surface area contributed by atoms with E-state index in [0.717, 1.165) is 38.5 Å². The van der Waals surface area contributed by atoms with E-state index in [1.807, 2.05) is 6.92 Å². The van der Waals surface area contributed by atoms with Crippen LogP contribution in [0.15, 0.2) is 72.8 Å². The zero-order valence-corrected chi connectivity index (χ0v) is 23.4. The largest absolute Gasteiger partial charge is 0.462 e. The third kappa shape index (κ3) is 5.85. The Morgan fingerprint density at radius 1 is 0.944 bits per heavy atom. The maximum Gasteiger partial charge on any atom is 0.309 e. The molecule has 2 unspecified atom stereocenters. The Morgan fingerprint density at radius 2 is 1.56 bits per heavy atom. The van der Waals surface area contributed by atoms with Crippen LogP contribution in [0.5, 0.6) is 0 Å². The SMILES string of the molecule is C=C1C[C@H](CCCO[Si](c2ccccc2)(c2ccccc2)C(C)(C)C)OC1CCC1C[C@@H](C)C(=O)O1. The van der Waals surface area contributed by atoms with Gasteiger partial charge >= 0.3 is 5.97 Å². The van der Waals surface area contributed by atoms with E-state index in [2.05, 4.69) is 88.0 Å². The zero-order valence-electron chi connectivity index (χ0n) is 22.4. The first-order chi connectivity index (χ1) is 17.2. The van der Waals surface area contributed by atoms with Gasteiger partial charge in [-0.3, -0.25) is 4.79 Å². The second-order valence-electron chi connectivity index (χ2n) is 11.5. The molecule has 2 saturated heterocycles. The van der Waals surface area contributed by atoms with Gasteiger partial charge in [0.1, 0.15) is 6.10 Å². The predicted molar refractivity (Wildman–Crippen MR) is 148 cm³/mol. The fourth-order valence-electron chi connectivity index (χ4n) is 5.87. The topological polar surface area (TPSA) is 44.8 Å². The van der Waals surface area contributed by atoms with Gasteiger partial charge in [0.05, 0.1) is 18.1 Å². The van der Waals surface area contributed by atoms with E-state index >= 15 is 0 Å². The maximum absolute atomic E-state index is 11.7. The lowest BCUT2D eigenvalue weighted by Crippen LogP contribution is -2.66. The van der Waals surface area contributed by atoms with Gasteiger partial charge in [0, 0.05) is 6.61 Å². The Balaban J connectivity index is 1.35. The van der Waals surface area contributed by atoms with E-state index in [-0.39, 0.29) is 35.2 Å². The summed E-state index contributed by atoms with van der Waals surface area (Å²) in [6.07, 6.45) is 5.66. The number of benzene rings is 2. The highest BCUT2D eigenvalue weighted by Crippen LogP contribution is 2.37. The minimum Gasteiger partial charge on any atom is -0.462 e. The van der Waals surface area contributed by atoms with Gasteiger partial charge in [0.2, 0.25) is 0 Å². The van der Waals surface area contributed by atoms with Crippen molar-refractivity contribution in [3.63, 3.8) is 0 Å². The molecule has 0 radical (unpaired) electrons. The van der Waals surface area contributed by atoms with Gasteiger partial charge in [-0.1, -0.05) is 94.9 Å². The van der Waals surface area contributed by atoms with Gasteiger partial charge in [-0.15, -0.1) is 0 Å².